The van der Waals surface area contributed by atoms with Crippen LogP contribution in [0.15, 0.2) is 6.33 Å². The average Bonchev–Trinajstić information content (AvgIpc) is 2.95. The van der Waals surface area contributed by atoms with E-state index >= 15 is 0 Å². The van der Waals surface area contributed by atoms with Crippen LogP contribution in [0.2, 0.25) is 0 Å². The first-order valence-corrected chi connectivity index (χ1v) is 6.22. The van der Waals surface area contributed by atoms with Crippen molar-refractivity contribution in [3.63, 3.8) is 0 Å². The summed E-state index contributed by atoms with van der Waals surface area (Å²) in [7, 11) is 0. The molecule has 21 heavy (non-hydrogen) atoms. The van der Waals surface area contributed by atoms with Crippen LogP contribution in [0.3, 0.4) is 0 Å². The number of hydrogen-bond acceptors (Lipinski definition) is 8. The second-order valence-corrected chi connectivity index (χ2v) is 4.99. The van der Waals surface area contributed by atoms with Gasteiger partial charge in [0.1, 0.15) is 18.9 Å². The van der Waals surface area contributed by atoms with Crippen LogP contribution in [0.5, 0.6) is 5.88 Å². The van der Waals surface area contributed by atoms with Gasteiger partial charge in [-0.2, -0.15) is 9.97 Å². The number of aromatic nitrogens is 4. The summed E-state index contributed by atoms with van der Waals surface area (Å²) in [5.74, 6) is -3.84. The molecule has 114 valence electrons. The number of fused-ring (bicyclic) bond motifs is 1. The van der Waals surface area contributed by atoms with Crippen LogP contribution in [0.4, 0.5) is 10.3 Å². The van der Waals surface area contributed by atoms with E-state index in [9.17, 15) is 14.6 Å². The van der Waals surface area contributed by atoms with Gasteiger partial charge in [-0.25, -0.2) is 9.37 Å². The number of hydrogen-bond donors (Lipinski definition) is 4. The number of alkyl halides is 1. The number of halogens is 1. The Morgan fingerprint density at radius 2 is 2.24 bits per heavy atom. The predicted molar refractivity (Wildman–Crippen MR) is 67.6 cm³/mol. The molecule has 0 radical (unpaired) electrons. The summed E-state index contributed by atoms with van der Waals surface area (Å²) in [6.45, 7) is 0.576. The molecule has 5 N–H and O–H groups in total. The molecular formula is C11H14FN5O4. The lowest BCUT2D eigenvalue weighted by molar-refractivity contribution is -0.206. The number of anilines is 1. The minimum absolute atomic E-state index is 0.0786. The number of aromatic hydroxyl groups is 1. The minimum Gasteiger partial charge on any atom is -0.492 e. The second kappa shape index (κ2) is 4.48. The molecule has 2 aromatic heterocycles. The van der Waals surface area contributed by atoms with E-state index in [4.69, 9.17) is 15.6 Å². The van der Waals surface area contributed by atoms with Gasteiger partial charge in [-0.1, -0.05) is 6.92 Å². The first-order chi connectivity index (χ1) is 9.87. The summed E-state index contributed by atoms with van der Waals surface area (Å²) in [5.41, 5.74) is 5.69. The molecule has 9 nitrogen and oxygen atoms in total. The highest BCUT2D eigenvalue weighted by atomic mass is 19.2. The van der Waals surface area contributed by atoms with Gasteiger partial charge in [0.15, 0.2) is 11.2 Å². The number of nitrogen functional groups attached to an aromatic ring is 1. The molecule has 0 unspecified atom stereocenters. The molecule has 1 aliphatic heterocycles. The number of nitrogens with zero attached hydrogens (tertiary/aromatic N) is 4. The van der Waals surface area contributed by atoms with Crippen molar-refractivity contribution in [2.75, 3.05) is 12.3 Å². The Balaban J connectivity index is 2.10. The highest BCUT2D eigenvalue weighted by molar-refractivity contribution is 5.77. The fourth-order valence-electron chi connectivity index (χ4n) is 2.47. The molecule has 0 aliphatic carbocycles. The molecule has 0 spiro atoms. The molecule has 3 rings (SSSR count). The van der Waals surface area contributed by atoms with Crippen molar-refractivity contribution >= 4 is 17.1 Å². The molecule has 0 amide bonds. The Bertz CT molecular complexity index is 695. The fourth-order valence-corrected chi connectivity index (χ4v) is 2.47. The summed E-state index contributed by atoms with van der Waals surface area (Å²) in [4.78, 5) is 11.4. The van der Waals surface area contributed by atoms with Gasteiger partial charge in [-0.15, -0.1) is 0 Å². The quantitative estimate of drug-likeness (QED) is 0.570. The molecule has 0 bridgehead atoms. The van der Waals surface area contributed by atoms with Gasteiger partial charge in [0, 0.05) is 5.92 Å². The topological polar surface area (TPSA) is 140 Å². The van der Waals surface area contributed by atoms with Crippen molar-refractivity contribution in [2.45, 2.75) is 25.1 Å². The van der Waals surface area contributed by atoms with Gasteiger partial charge in [-0.05, 0) is 0 Å². The molecule has 0 saturated carbocycles. The van der Waals surface area contributed by atoms with E-state index in [-0.39, 0.29) is 17.1 Å². The van der Waals surface area contributed by atoms with Gasteiger partial charge < -0.3 is 25.8 Å². The standard InChI is InChI=1S/C11H14FN5O4/c1-4-6(19)11(12,2-18)21-9(4)17-3-14-5-7(17)15-10(13)16-8(5)20/h3-4,6,9,18-19H,2H2,1H3,(H3,13,15,16,20)/t4-,6-,9+,11+/m0/s1. The maximum absolute atomic E-state index is 14.2. The maximum atomic E-state index is 14.2. The Morgan fingerprint density at radius 1 is 1.52 bits per heavy atom. The third kappa shape index (κ3) is 1.91. The Morgan fingerprint density at radius 3 is 2.86 bits per heavy atom. The van der Waals surface area contributed by atoms with E-state index in [0.29, 0.717) is 0 Å². The monoisotopic (exact) mass is 299 g/mol. The van der Waals surface area contributed by atoms with Crippen molar-refractivity contribution < 1.29 is 24.4 Å². The Hall–Kier alpha value is -2.04. The van der Waals surface area contributed by atoms with E-state index in [1.807, 2.05) is 0 Å². The number of nitrogens with two attached hydrogens (primary N) is 1. The minimum atomic E-state index is -2.57. The van der Waals surface area contributed by atoms with Crippen molar-refractivity contribution in [1.82, 2.24) is 19.5 Å². The molecule has 1 fully saturated rings. The zero-order valence-electron chi connectivity index (χ0n) is 11.0. The number of aliphatic hydroxyl groups excluding tert-OH is 2. The summed E-state index contributed by atoms with van der Waals surface area (Å²) in [6, 6.07) is 0. The molecule has 1 saturated heterocycles. The first-order valence-electron chi connectivity index (χ1n) is 6.22. The van der Waals surface area contributed by atoms with Crippen molar-refractivity contribution in [3.05, 3.63) is 6.33 Å². The van der Waals surface area contributed by atoms with E-state index < -0.39 is 36.6 Å². The van der Waals surface area contributed by atoms with Crippen molar-refractivity contribution in [2.24, 2.45) is 5.92 Å². The van der Waals surface area contributed by atoms with Gasteiger partial charge in [0.05, 0.1) is 6.33 Å². The molecule has 4 atom stereocenters. The van der Waals surface area contributed by atoms with Crippen molar-refractivity contribution in [3.8, 4) is 5.88 Å². The van der Waals surface area contributed by atoms with Gasteiger partial charge in [0.25, 0.3) is 5.85 Å². The fraction of sp³-hybridized carbons (Fsp3) is 0.545. The molecule has 2 aromatic rings. The van der Waals surface area contributed by atoms with Crippen LogP contribution >= 0.6 is 0 Å². The molecule has 3 heterocycles. The SMILES string of the molecule is C[C@@H]1[C@H](n2cnc3c(O)nc(N)nc32)O[C@](F)(CO)[C@H]1O. The third-order valence-electron chi connectivity index (χ3n) is 3.62. The van der Waals surface area contributed by atoms with Crippen LogP contribution in [-0.4, -0.2) is 53.4 Å². The maximum Gasteiger partial charge on any atom is 0.260 e. The number of aliphatic hydroxyl groups is 2. The number of imidazole rings is 1. The Kier molecular flexibility index (Phi) is 2.97. The summed E-state index contributed by atoms with van der Waals surface area (Å²) in [6.07, 6.45) is -1.20. The van der Waals surface area contributed by atoms with Crippen molar-refractivity contribution in [1.29, 1.82) is 0 Å². The number of ether oxygens (including phenoxy) is 1. The van der Waals surface area contributed by atoms with E-state index in [0.717, 1.165) is 0 Å². The highest BCUT2D eigenvalue weighted by Gasteiger charge is 2.54. The summed E-state index contributed by atoms with van der Waals surface area (Å²) < 4.78 is 20.7. The zero-order valence-corrected chi connectivity index (χ0v) is 11.0. The van der Waals surface area contributed by atoms with Gasteiger partial charge in [0.2, 0.25) is 11.8 Å². The van der Waals surface area contributed by atoms with E-state index in [1.165, 1.54) is 10.9 Å². The zero-order chi connectivity index (χ0) is 15.4. The lowest BCUT2D eigenvalue weighted by Gasteiger charge is -2.20. The summed E-state index contributed by atoms with van der Waals surface area (Å²) in [5, 5.41) is 28.6. The third-order valence-corrected chi connectivity index (χ3v) is 3.62. The molecule has 10 heteroatoms. The lowest BCUT2D eigenvalue weighted by Crippen LogP contribution is -2.39. The molecule has 1 aliphatic rings. The van der Waals surface area contributed by atoms with E-state index in [2.05, 4.69) is 15.0 Å². The lowest BCUT2D eigenvalue weighted by atomic mass is 10.0. The average molecular weight is 299 g/mol. The van der Waals surface area contributed by atoms with Gasteiger partial charge in [-0.3, -0.25) is 4.57 Å². The second-order valence-electron chi connectivity index (χ2n) is 4.99. The van der Waals surface area contributed by atoms with Crippen LogP contribution in [-0.2, 0) is 4.74 Å². The molecular weight excluding hydrogens is 285 g/mol. The summed E-state index contributed by atoms with van der Waals surface area (Å²) >= 11 is 0. The van der Waals surface area contributed by atoms with Crippen LogP contribution in [0.25, 0.3) is 11.2 Å². The Labute approximate surface area is 117 Å². The number of rotatable bonds is 2. The first kappa shape index (κ1) is 13.9. The van der Waals surface area contributed by atoms with Crippen LogP contribution in [0, 0.1) is 5.92 Å². The largest absolute Gasteiger partial charge is 0.492 e. The predicted octanol–water partition coefficient (Wildman–Crippen LogP) is -0.702. The van der Waals surface area contributed by atoms with Crippen LogP contribution in [0.1, 0.15) is 13.2 Å². The van der Waals surface area contributed by atoms with Crippen LogP contribution < -0.4 is 5.73 Å². The normalized spacial score (nSPS) is 32.9. The van der Waals surface area contributed by atoms with Gasteiger partial charge >= 0.3 is 0 Å². The highest BCUT2D eigenvalue weighted by Crippen LogP contribution is 2.43. The van der Waals surface area contributed by atoms with E-state index in [1.54, 1.807) is 6.92 Å². The molecule has 0 aromatic carbocycles. The smallest absolute Gasteiger partial charge is 0.260 e.